The van der Waals surface area contributed by atoms with Crippen LogP contribution in [0.5, 0.6) is 0 Å². The highest BCUT2D eigenvalue weighted by atomic mass is 32.1. The lowest BCUT2D eigenvalue weighted by atomic mass is 10.1. The molecule has 1 aliphatic rings. The number of piperazine rings is 1. The normalized spacial score (nSPS) is 15.0. The summed E-state index contributed by atoms with van der Waals surface area (Å²) in [6.07, 6.45) is 0.917. The number of thiazole rings is 1. The Labute approximate surface area is 181 Å². The zero-order chi connectivity index (χ0) is 21.1. The van der Waals surface area contributed by atoms with Gasteiger partial charge in [-0.05, 0) is 50.6 Å². The van der Waals surface area contributed by atoms with E-state index in [4.69, 9.17) is 0 Å². The van der Waals surface area contributed by atoms with Crippen LogP contribution in [0, 0.1) is 6.92 Å². The third-order valence-electron chi connectivity index (χ3n) is 5.46. The summed E-state index contributed by atoms with van der Waals surface area (Å²) in [6.45, 7) is 9.23. The van der Waals surface area contributed by atoms with E-state index in [-0.39, 0.29) is 5.91 Å². The number of aromatic nitrogens is 1. The first-order valence-electron chi connectivity index (χ1n) is 10.3. The van der Waals surface area contributed by atoms with Gasteiger partial charge in [0, 0.05) is 43.1 Å². The number of hydrogen-bond donors (Lipinski definition) is 1. The van der Waals surface area contributed by atoms with Gasteiger partial charge in [-0.1, -0.05) is 36.0 Å². The van der Waals surface area contributed by atoms with E-state index >= 15 is 0 Å². The van der Waals surface area contributed by atoms with Gasteiger partial charge in [0.2, 0.25) is 5.13 Å². The summed E-state index contributed by atoms with van der Waals surface area (Å²) in [7, 11) is 0. The van der Waals surface area contributed by atoms with Crippen LogP contribution in [0.1, 0.15) is 36.2 Å². The van der Waals surface area contributed by atoms with Crippen LogP contribution >= 0.6 is 11.3 Å². The Hall–Kier alpha value is -2.93. The number of aryl methyl sites for hydroxylation is 1. The van der Waals surface area contributed by atoms with Crippen LogP contribution in [0.4, 0.5) is 10.8 Å². The second kappa shape index (κ2) is 8.83. The lowest BCUT2D eigenvalue weighted by Gasteiger charge is -2.36. The van der Waals surface area contributed by atoms with Crippen molar-refractivity contribution in [3.8, 4) is 0 Å². The highest BCUT2D eigenvalue weighted by Crippen LogP contribution is 2.30. The largest absolute Gasteiger partial charge is 0.368 e. The molecule has 30 heavy (non-hydrogen) atoms. The Kier molecular flexibility index (Phi) is 5.99. The molecule has 1 aromatic heterocycles. The summed E-state index contributed by atoms with van der Waals surface area (Å²) in [5, 5.41) is 5.15. The molecule has 0 spiro atoms. The van der Waals surface area contributed by atoms with Gasteiger partial charge in [-0.3, -0.25) is 10.2 Å². The van der Waals surface area contributed by atoms with Gasteiger partial charge in [-0.2, -0.15) is 5.10 Å². The molecular weight excluding hydrogens is 394 g/mol. The second-order valence-corrected chi connectivity index (χ2v) is 8.66. The maximum absolute atomic E-state index is 12.7. The Morgan fingerprint density at radius 2 is 1.87 bits per heavy atom. The fourth-order valence-corrected chi connectivity index (χ4v) is 4.27. The Morgan fingerprint density at radius 1 is 1.13 bits per heavy atom. The lowest BCUT2D eigenvalue weighted by molar-refractivity contribution is 0.0747. The Balaban J connectivity index is 1.41. The smallest absolute Gasteiger partial charge is 0.253 e. The molecule has 2 aromatic carbocycles. The first kappa shape index (κ1) is 20.3. The van der Waals surface area contributed by atoms with Crippen molar-refractivity contribution in [3.63, 3.8) is 0 Å². The molecule has 0 aliphatic carbocycles. The van der Waals surface area contributed by atoms with E-state index in [9.17, 15) is 4.79 Å². The molecular formula is C23H27N5OS. The number of hydrogen-bond acceptors (Lipinski definition) is 6. The summed E-state index contributed by atoms with van der Waals surface area (Å²) in [5.74, 6) is 0.117. The predicted octanol–water partition coefficient (Wildman–Crippen LogP) is 4.76. The van der Waals surface area contributed by atoms with Crippen molar-refractivity contribution in [3.05, 3.63) is 53.6 Å². The molecule has 0 saturated carbocycles. The average Bonchev–Trinajstić information content (AvgIpc) is 3.20. The van der Waals surface area contributed by atoms with Crippen LogP contribution in [0.15, 0.2) is 47.6 Å². The van der Waals surface area contributed by atoms with E-state index in [2.05, 4.69) is 45.5 Å². The number of anilines is 2. The van der Waals surface area contributed by atoms with E-state index in [1.165, 1.54) is 11.3 Å². The maximum atomic E-state index is 12.7. The van der Waals surface area contributed by atoms with Crippen LogP contribution in [-0.2, 0) is 0 Å². The molecule has 3 aromatic rings. The van der Waals surface area contributed by atoms with Crippen molar-refractivity contribution in [1.29, 1.82) is 0 Å². The number of benzene rings is 2. The molecule has 1 fully saturated rings. The van der Waals surface area contributed by atoms with Gasteiger partial charge in [0.15, 0.2) is 0 Å². The minimum atomic E-state index is 0.117. The summed E-state index contributed by atoms with van der Waals surface area (Å²) in [6, 6.07) is 14.2. The third kappa shape index (κ3) is 4.46. The number of nitrogens with one attached hydrogen (secondary N) is 1. The molecule has 0 unspecified atom stereocenters. The van der Waals surface area contributed by atoms with Gasteiger partial charge in [0.25, 0.3) is 5.91 Å². The highest BCUT2D eigenvalue weighted by molar-refractivity contribution is 7.22. The zero-order valence-corrected chi connectivity index (χ0v) is 18.5. The molecule has 1 amide bonds. The standard InChI is InChI=1S/C23H27N5OS/c1-4-17(3)25-26-23-24-20-10-9-19(15-21(20)30-23)27-11-13-28(14-12-27)22(29)18-7-5-16(2)6-8-18/h5-10,15H,4,11-14H2,1-3H3,(H,24,26)/b25-17+. The Morgan fingerprint density at radius 3 is 2.57 bits per heavy atom. The van der Waals surface area contributed by atoms with Crippen LogP contribution in [0.25, 0.3) is 10.2 Å². The molecule has 7 heteroatoms. The first-order valence-corrected chi connectivity index (χ1v) is 11.2. The fourth-order valence-electron chi connectivity index (χ4n) is 3.43. The van der Waals surface area contributed by atoms with Crippen molar-refractivity contribution in [1.82, 2.24) is 9.88 Å². The highest BCUT2D eigenvalue weighted by Gasteiger charge is 2.22. The Bertz CT molecular complexity index is 1060. The SMILES string of the molecule is CC/C(C)=N/Nc1nc2ccc(N3CCN(C(=O)c4ccc(C)cc4)CC3)cc2s1. The monoisotopic (exact) mass is 421 g/mol. The van der Waals surface area contributed by atoms with Crippen molar-refractivity contribution in [2.24, 2.45) is 5.10 Å². The van der Waals surface area contributed by atoms with Gasteiger partial charge >= 0.3 is 0 Å². The molecule has 1 aliphatic heterocycles. The first-order chi connectivity index (χ1) is 14.5. The van der Waals surface area contributed by atoms with Crippen LogP contribution < -0.4 is 10.3 Å². The van der Waals surface area contributed by atoms with Crippen LogP contribution in [0.3, 0.4) is 0 Å². The molecule has 1 N–H and O–H groups in total. The minimum absolute atomic E-state index is 0.117. The van der Waals surface area contributed by atoms with E-state index in [0.717, 1.165) is 59.2 Å². The number of hydrazone groups is 1. The number of rotatable bonds is 5. The molecule has 2 heterocycles. The number of carbonyl (C=O) groups excluding carboxylic acids is 1. The molecule has 4 rings (SSSR count). The van der Waals surface area contributed by atoms with Crippen molar-refractivity contribution in [2.45, 2.75) is 27.2 Å². The molecule has 6 nitrogen and oxygen atoms in total. The summed E-state index contributed by atoms with van der Waals surface area (Å²) in [4.78, 5) is 21.6. The number of fused-ring (bicyclic) bond motifs is 1. The van der Waals surface area contributed by atoms with E-state index < -0.39 is 0 Å². The predicted molar refractivity (Wildman–Crippen MR) is 126 cm³/mol. The number of amides is 1. The van der Waals surface area contributed by atoms with Gasteiger partial charge in [-0.15, -0.1) is 0 Å². The van der Waals surface area contributed by atoms with Crippen LogP contribution in [-0.4, -0.2) is 47.7 Å². The molecule has 0 bridgehead atoms. The van der Waals surface area contributed by atoms with Crippen molar-refractivity contribution in [2.75, 3.05) is 36.5 Å². The second-order valence-electron chi connectivity index (χ2n) is 7.63. The third-order valence-corrected chi connectivity index (χ3v) is 6.38. The van der Waals surface area contributed by atoms with E-state index in [1.807, 2.05) is 43.0 Å². The number of nitrogens with zero attached hydrogens (tertiary/aromatic N) is 4. The van der Waals surface area contributed by atoms with E-state index in [1.54, 1.807) is 11.3 Å². The molecule has 0 radical (unpaired) electrons. The van der Waals surface area contributed by atoms with Crippen LogP contribution in [0.2, 0.25) is 0 Å². The van der Waals surface area contributed by atoms with E-state index in [0.29, 0.717) is 0 Å². The van der Waals surface area contributed by atoms with Gasteiger partial charge < -0.3 is 9.80 Å². The summed E-state index contributed by atoms with van der Waals surface area (Å²) < 4.78 is 1.14. The topological polar surface area (TPSA) is 60.8 Å². The van der Waals surface area contributed by atoms with Gasteiger partial charge in [0.05, 0.1) is 10.2 Å². The fraction of sp³-hybridized carbons (Fsp3) is 0.348. The van der Waals surface area contributed by atoms with Gasteiger partial charge in [0.1, 0.15) is 0 Å². The van der Waals surface area contributed by atoms with Crippen molar-refractivity contribution < 1.29 is 4.79 Å². The van der Waals surface area contributed by atoms with Gasteiger partial charge in [-0.25, -0.2) is 4.98 Å². The molecule has 156 valence electrons. The maximum Gasteiger partial charge on any atom is 0.253 e. The zero-order valence-electron chi connectivity index (χ0n) is 17.7. The summed E-state index contributed by atoms with van der Waals surface area (Å²) >= 11 is 1.61. The molecule has 0 atom stereocenters. The van der Waals surface area contributed by atoms with Crippen molar-refractivity contribution >= 4 is 44.0 Å². The lowest BCUT2D eigenvalue weighted by Crippen LogP contribution is -2.48. The molecule has 1 saturated heterocycles. The average molecular weight is 422 g/mol. The summed E-state index contributed by atoms with van der Waals surface area (Å²) in [5.41, 5.74) is 8.19. The minimum Gasteiger partial charge on any atom is -0.368 e. The number of carbonyl (C=O) groups is 1. The quantitative estimate of drug-likeness (QED) is 0.476.